The van der Waals surface area contributed by atoms with Gasteiger partial charge in [-0.3, -0.25) is 9.59 Å². The Kier molecular flexibility index (Phi) is 4.42. The Hall–Kier alpha value is -2.62. The van der Waals surface area contributed by atoms with E-state index in [1.54, 1.807) is 0 Å². The summed E-state index contributed by atoms with van der Waals surface area (Å²) in [5.41, 5.74) is 5.26. The topological polar surface area (TPSA) is 58.2 Å². The van der Waals surface area contributed by atoms with E-state index in [4.69, 9.17) is 0 Å². The van der Waals surface area contributed by atoms with Gasteiger partial charge in [0.25, 0.3) is 0 Å². The molecule has 2 aromatic carbocycles. The minimum absolute atomic E-state index is 0.00745. The first-order chi connectivity index (χ1) is 11.1. The van der Waals surface area contributed by atoms with Crippen LogP contribution in [0.15, 0.2) is 42.5 Å². The molecule has 0 radical (unpaired) electrons. The Morgan fingerprint density at radius 1 is 1.17 bits per heavy atom. The van der Waals surface area contributed by atoms with Crippen molar-refractivity contribution in [2.24, 2.45) is 0 Å². The summed E-state index contributed by atoms with van der Waals surface area (Å²) in [5, 5.41) is 5.82. The normalized spacial score (nSPS) is 13.2. The van der Waals surface area contributed by atoms with Crippen molar-refractivity contribution in [2.75, 3.05) is 5.32 Å². The first kappa shape index (κ1) is 15.3. The Labute approximate surface area is 135 Å². The maximum Gasteiger partial charge on any atom is 0.224 e. The van der Waals surface area contributed by atoms with Gasteiger partial charge in [-0.05, 0) is 41.7 Å². The molecule has 3 rings (SSSR count). The molecule has 0 saturated carbocycles. The number of aryl methyl sites for hydroxylation is 2. The molecule has 4 heteroatoms. The predicted molar refractivity (Wildman–Crippen MR) is 90.1 cm³/mol. The summed E-state index contributed by atoms with van der Waals surface area (Å²) in [6.45, 7) is 2.59. The summed E-state index contributed by atoms with van der Waals surface area (Å²) in [4.78, 5) is 23.5. The minimum Gasteiger partial charge on any atom is -0.352 e. The van der Waals surface area contributed by atoms with E-state index in [9.17, 15) is 9.59 Å². The molecule has 0 aromatic heterocycles. The quantitative estimate of drug-likeness (QED) is 0.912. The molecule has 2 amide bonds. The fourth-order valence-corrected chi connectivity index (χ4v) is 2.80. The van der Waals surface area contributed by atoms with Crippen LogP contribution in [-0.4, -0.2) is 11.8 Å². The van der Waals surface area contributed by atoms with Gasteiger partial charge < -0.3 is 10.6 Å². The number of hydrogen-bond donors (Lipinski definition) is 2. The van der Waals surface area contributed by atoms with Crippen molar-refractivity contribution < 1.29 is 9.59 Å². The van der Waals surface area contributed by atoms with E-state index in [1.807, 2.05) is 49.4 Å². The van der Waals surface area contributed by atoms with Crippen molar-refractivity contribution in [2.45, 2.75) is 32.7 Å². The third-order valence-corrected chi connectivity index (χ3v) is 4.17. The van der Waals surface area contributed by atoms with E-state index in [2.05, 4.69) is 10.6 Å². The van der Waals surface area contributed by atoms with Crippen LogP contribution in [0.1, 0.15) is 28.7 Å². The van der Waals surface area contributed by atoms with Crippen molar-refractivity contribution in [3.63, 3.8) is 0 Å². The second-order valence-corrected chi connectivity index (χ2v) is 5.92. The molecule has 0 unspecified atom stereocenters. The fourth-order valence-electron chi connectivity index (χ4n) is 2.80. The standard InChI is InChI=1S/C19H20N2O2/c1-13-4-2-3-5-16(13)12-20-19(23)11-14-6-8-17-15(10-14)7-9-18(22)21-17/h2-6,8,10H,7,9,11-12H2,1H3,(H,20,23)(H,21,22). The predicted octanol–water partition coefficient (Wildman–Crippen LogP) is 2.74. The summed E-state index contributed by atoms with van der Waals surface area (Å²) < 4.78 is 0. The second kappa shape index (κ2) is 6.65. The van der Waals surface area contributed by atoms with E-state index in [0.717, 1.165) is 28.8 Å². The Balaban J connectivity index is 1.60. The summed E-state index contributed by atoms with van der Waals surface area (Å²) >= 11 is 0. The van der Waals surface area contributed by atoms with Gasteiger partial charge in [0.2, 0.25) is 11.8 Å². The molecule has 2 aromatic rings. The molecule has 0 bridgehead atoms. The van der Waals surface area contributed by atoms with Gasteiger partial charge in [0.15, 0.2) is 0 Å². The highest BCUT2D eigenvalue weighted by molar-refractivity contribution is 5.94. The highest BCUT2D eigenvalue weighted by Gasteiger charge is 2.15. The van der Waals surface area contributed by atoms with Gasteiger partial charge in [0.1, 0.15) is 0 Å². The first-order valence-electron chi connectivity index (χ1n) is 7.84. The molecule has 1 aliphatic heterocycles. The molecule has 0 spiro atoms. The van der Waals surface area contributed by atoms with Crippen molar-refractivity contribution in [3.8, 4) is 0 Å². The molecule has 0 aliphatic carbocycles. The molecule has 0 atom stereocenters. The zero-order chi connectivity index (χ0) is 16.2. The van der Waals surface area contributed by atoms with Crippen LogP contribution in [0.3, 0.4) is 0 Å². The van der Waals surface area contributed by atoms with E-state index in [-0.39, 0.29) is 11.8 Å². The molecular formula is C19H20N2O2. The zero-order valence-electron chi connectivity index (χ0n) is 13.2. The van der Waals surface area contributed by atoms with Crippen molar-refractivity contribution in [1.29, 1.82) is 0 Å². The smallest absolute Gasteiger partial charge is 0.224 e. The lowest BCUT2D eigenvalue weighted by Crippen LogP contribution is -2.25. The van der Waals surface area contributed by atoms with Gasteiger partial charge in [0, 0.05) is 18.7 Å². The Morgan fingerprint density at radius 2 is 2.00 bits per heavy atom. The monoisotopic (exact) mass is 308 g/mol. The molecular weight excluding hydrogens is 288 g/mol. The third-order valence-electron chi connectivity index (χ3n) is 4.17. The molecule has 2 N–H and O–H groups in total. The lowest BCUT2D eigenvalue weighted by Gasteiger charge is -2.17. The van der Waals surface area contributed by atoms with Gasteiger partial charge in [0.05, 0.1) is 6.42 Å². The molecule has 0 saturated heterocycles. The van der Waals surface area contributed by atoms with Crippen LogP contribution in [0.4, 0.5) is 5.69 Å². The number of anilines is 1. The highest BCUT2D eigenvalue weighted by Crippen LogP contribution is 2.23. The molecule has 1 heterocycles. The van der Waals surface area contributed by atoms with Gasteiger partial charge in [-0.1, -0.05) is 36.4 Å². The fraction of sp³-hybridized carbons (Fsp3) is 0.263. The number of benzene rings is 2. The number of hydrogen-bond acceptors (Lipinski definition) is 2. The van der Waals surface area contributed by atoms with Crippen LogP contribution in [0.5, 0.6) is 0 Å². The third kappa shape index (κ3) is 3.77. The van der Waals surface area contributed by atoms with Crippen molar-refractivity contribution in [3.05, 3.63) is 64.7 Å². The number of nitrogens with one attached hydrogen (secondary N) is 2. The zero-order valence-corrected chi connectivity index (χ0v) is 13.2. The summed E-state index contributed by atoms with van der Waals surface area (Å²) in [5.74, 6) is 0.0641. The van der Waals surface area contributed by atoms with Gasteiger partial charge in [-0.2, -0.15) is 0 Å². The first-order valence-corrected chi connectivity index (χ1v) is 7.84. The van der Waals surface area contributed by atoms with E-state index in [1.165, 1.54) is 5.56 Å². The van der Waals surface area contributed by atoms with E-state index >= 15 is 0 Å². The van der Waals surface area contributed by atoms with Crippen LogP contribution in [0, 0.1) is 6.92 Å². The maximum absolute atomic E-state index is 12.1. The molecule has 23 heavy (non-hydrogen) atoms. The molecule has 0 fully saturated rings. The van der Waals surface area contributed by atoms with E-state index < -0.39 is 0 Å². The van der Waals surface area contributed by atoms with Crippen LogP contribution in [0.25, 0.3) is 0 Å². The lowest BCUT2D eigenvalue weighted by molar-refractivity contribution is -0.120. The Morgan fingerprint density at radius 3 is 2.83 bits per heavy atom. The van der Waals surface area contributed by atoms with Gasteiger partial charge >= 0.3 is 0 Å². The Bertz CT molecular complexity index is 753. The second-order valence-electron chi connectivity index (χ2n) is 5.92. The number of fused-ring (bicyclic) bond motifs is 1. The number of amides is 2. The van der Waals surface area contributed by atoms with Crippen LogP contribution < -0.4 is 10.6 Å². The van der Waals surface area contributed by atoms with Crippen LogP contribution in [0.2, 0.25) is 0 Å². The number of carbonyl (C=O) groups is 2. The largest absolute Gasteiger partial charge is 0.352 e. The minimum atomic E-state index is 0.00745. The van der Waals surface area contributed by atoms with Crippen molar-refractivity contribution >= 4 is 17.5 Å². The summed E-state index contributed by atoms with van der Waals surface area (Å²) in [7, 11) is 0. The number of carbonyl (C=O) groups excluding carboxylic acids is 2. The van der Waals surface area contributed by atoms with Gasteiger partial charge in [-0.15, -0.1) is 0 Å². The SMILES string of the molecule is Cc1ccccc1CNC(=O)Cc1ccc2c(c1)CCC(=O)N2. The van der Waals surface area contributed by atoms with Crippen molar-refractivity contribution in [1.82, 2.24) is 5.32 Å². The number of rotatable bonds is 4. The maximum atomic E-state index is 12.1. The molecule has 1 aliphatic rings. The van der Waals surface area contributed by atoms with E-state index in [0.29, 0.717) is 19.4 Å². The highest BCUT2D eigenvalue weighted by atomic mass is 16.2. The molecule has 4 nitrogen and oxygen atoms in total. The average Bonchev–Trinajstić information content (AvgIpc) is 2.54. The summed E-state index contributed by atoms with van der Waals surface area (Å²) in [6, 6.07) is 13.8. The lowest BCUT2D eigenvalue weighted by atomic mass is 9.99. The average molecular weight is 308 g/mol. The van der Waals surface area contributed by atoms with Crippen LogP contribution >= 0.6 is 0 Å². The molecule has 118 valence electrons. The summed E-state index contributed by atoms with van der Waals surface area (Å²) in [6.07, 6.45) is 1.60. The van der Waals surface area contributed by atoms with Crippen LogP contribution in [-0.2, 0) is 29.0 Å². The van der Waals surface area contributed by atoms with Gasteiger partial charge in [-0.25, -0.2) is 0 Å².